The first-order valence-corrected chi connectivity index (χ1v) is 21.4. The van der Waals surface area contributed by atoms with Gasteiger partial charge in [-0.25, -0.2) is 22.0 Å². The Morgan fingerprint density at radius 3 is 2.34 bits per heavy atom. The first-order chi connectivity index (χ1) is 26.9. The Morgan fingerprint density at radius 2 is 1.70 bits per heavy atom. The molecule has 1 aliphatic carbocycles. The number of hydrogen-bond donors (Lipinski definition) is 1. The van der Waals surface area contributed by atoms with Gasteiger partial charge in [0.05, 0.1) is 37.5 Å². The van der Waals surface area contributed by atoms with Gasteiger partial charge in [-0.1, -0.05) is 25.1 Å². The fourth-order valence-corrected chi connectivity index (χ4v) is 11.6. The number of likely N-dealkylation sites (tertiary alicyclic amines) is 2. The Labute approximate surface area is 329 Å². The highest BCUT2D eigenvalue weighted by Crippen LogP contribution is 2.52. The summed E-state index contributed by atoms with van der Waals surface area (Å²) in [5, 5.41) is 3.15. The summed E-state index contributed by atoms with van der Waals surface area (Å²) in [7, 11) is -0.945. The van der Waals surface area contributed by atoms with Crippen LogP contribution in [-0.2, 0) is 29.7 Å². The van der Waals surface area contributed by atoms with Crippen molar-refractivity contribution >= 4 is 27.7 Å². The Bertz CT molecular complexity index is 1870. The molecule has 1 unspecified atom stereocenters. The van der Waals surface area contributed by atoms with Crippen LogP contribution in [0.4, 0.5) is 19.3 Å². The number of hydrogen-bond acceptors (Lipinski definition) is 9. The average molecular weight is 799 g/mol. The predicted molar refractivity (Wildman–Crippen MR) is 209 cm³/mol. The number of anilines is 1. The van der Waals surface area contributed by atoms with Gasteiger partial charge in [-0.15, -0.1) is 0 Å². The van der Waals surface area contributed by atoms with E-state index in [1.54, 1.807) is 13.2 Å². The quantitative estimate of drug-likeness (QED) is 0.295. The average Bonchev–Trinajstić information content (AvgIpc) is 3.64. The van der Waals surface area contributed by atoms with E-state index in [9.17, 15) is 18.0 Å². The van der Waals surface area contributed by atoms with Crippen molar-refractivity contribution in [3.8, 4) is 0 Å². The van der Waals surface area contributed by atoms with E-state index < -0.39 is 27.5 Å². The smallest absolute Gasteiger partial charge is 0.407 e. The second kappa shape index (κ2) is 16.7. The van der Waals surface area contributed by atoms with Crippen molar-refractivity contribution in [2.24, 2.45) is 11.8 Å². The number of halogens is 2. The van der Waals surface area contributed by atoms with Gasteiger partial charge < -0.3 is 34.4 Å². The van der Waals surface area contributed by atoms with E-state index in [1.807, 2.05) is 11.0 Å². The molecule has 0 spiro atoms. The van der Waals surface area contributed by atoms with Gasteiger partial charge in [0.15, 0.2) is 0 Å². The molecule has 2 amide bonds. The van der Waals surface area contributed by atoms with Gasteiger partial charge >= 0.3 is 6.09 Å². The van der Waals surface area contributed by atoms with Gasteiger partial charge in [0.1, 0.15) is 17.2 Å². The van der Waals surface area contributed by atoms with Crippen LogP contribution in [0.2, 0.25) is 0 Å². The molecule has 3 atom stereocenters. The van der Waals surface area contributed by atoms with Crippen molar-refractivity contribution < 1.29 is 36.3 Å². The normalized spacial score (nSPS) is 24.9. The second-order valence-corrected chi connectivity index (χ2v) is 18.3. The molecule has 15 heteroatoms. The number of piperidine rings is 1. The summed E-state index contributed by atoms with van der Waals surface area (Å²) in [5.41, 5.74) is 0.430. The maximum absolute atomic E-state index is 15.7. The number of sulfonamides is 1. The Balaban J connectivity index is 1.03. The van der Waals surface area contributed by atoms with Gasteiger partial charge in [-0.05, 0) is 119 Å². The number of carbonyl (C=O) groups excluding carboxylic acids is 2. The molecule has 2 aromatic carbocycles. The molecular weight excluding hydrogens is 743 g/mol. The highest BCUT2D eigenvalue weighted by atomic mass is 32.2. The lowest BCUT2D eigenvalue weighted by atomic mass is 9.57. The minimum absolute atomic E-state index is 0.0690. The van der Waals surface area contributed by atoms with Crippen LogP contribution in [0.25, 0.3) is 0 Å². The molecule has 5 fully saturated rings. The minimum Gasteiger partial charge on any atom is -0.453 e. The lowest BCUT2D eigenvalue weighted by molar-refractivity contribution is -0.128. The Morgan fingerprint density at radius 1 is 0.946 bits per heavy atom. The van der Waals surface area contributed by atoms with Crippen LogP contribution >= 0.6 is 0 Å². The van der Waals surface area contributed by atoms with E-state index in [4.69, 9.17) is 9.47 Å². The zero-order valence-corrected chi connectivity index (χ0v) is 33.5. The third-order valence-electron chi connectivity index (χ3n) is 13.2. The summed E-state index contributed by atoms with van der Waals surface area (Å²) in [4.78, 5) is 32.7. The molecule has 0 bridgehead atoms. The zero-order valence-electron chi connectivity index (χ0n) is 32.6. The molecule has 0 radical (unpaired) electrons. The maximum Gasteiger partial charge on any atom is 0.407 e. The molecule has 2 aromatic rings. The van der Waals surface area contributed by atoms with Crippen molar-refractivity contribution in [2.75, 3.05) is 91.2 Å². The van der Waals surface area contributed by atoms with E-state index in [2.05, 4.69) is 27.8 Å². The number of nitrogens with zero attached hydrogens (tertiary/aromatic N) is 5. The van der Waals surface area contributed by atoms with Gasteiger partial charge in [0.2, 0.25) is 15.9 Å². The molecule has 56 heavy (non-hydrogen) atoms. The molecule has 5 aliphatic rings. The molecule has 1 N–H and O–H groups in total. The van der Waals surface area contributed by atoms with Crippen molar-refractivity contribution in [1.82, 2.24) is 24.3 Å². The van der Waals surface area contributed by atoms with E-state index in [0.717, 1.165) is 89.0 Å². The van der Waals surface area contributed by atoms with Crippen molar-refractivity contribution in [2.45, 2.75) is 66.9 Å². The maximum atomic E-state index is 15.7. The van der Waals surface area contributed by atoms with E-state index in [-0.39, 0.29) is 53.1 Å². The van der Waals surface area contributed by atoms with Crippen LogP contribution in [0.3, 0.4) is 0 Å². The van der Waals surface area contributed by atoms with Crippen LogP contribution in [0.1, 0.15) is 50.5 Å². The number of rotatable bonds is 13. The van der Waals surface area contributed by atoms with E-state index >= 15 is 8.78 Å². The molecule has 4 aliphatic heterocycles. The third-order valence-corrected chi connectivity index (χ3v) is 15.1. The summed E-state index contributed by atoms with van der Waals surface area (Å²) in [6, 6.07) is 11.1. The van der Waals surface area contributed by atoms with Crippen LogP contribution in [-0.4, -0.2) is 137 Å². The molecular formula is C41H56F2N6O6S. The summed E-state index contributed by atoms with van der Waals surface area (Å²) in [5.74, 6) is -0.847. The largest absolute Gasteiger partial charge is 0.453 e. The summed E-state index contributed by atoms with van der Waals surface area (Å²) in [6.07, 6.45) is 6.94. The van der Waals surface area contributed by atoms with Crippen LogP contribution < -0.4 is 10.2 Å². The van der Waals surface area contributed by atoms with E-state index in [0.29, 0.717) is 38.3 Å². The van der Waals surface area contributed by atoms with Crippen molar-refractivity contribution in [3.63, 3.8) is 0 Å². The first kappa shape index (κ1) is 40.6. The SMILES string of the molecule is C=CC(=O)N1CCCN(S(=O)(=O)c2ccc(N3CC(CN4CCC(C(CN5CCC5)(c5cccc(F)c5)[C@H]5CCC[C@@H]5NC(=O)OC)CC4)(OC)C3)c(F)c2)C1. The van der Waals surface area contributed by atoms with Gasteiger partial charge in [0, 0.05) is 44.7 Å². The van der Waals surface area contributed by atoms with Crippen LogP contribution in [0.5, 0.6) is 0 Å². The number of benzene rings is 2. The highest BCUT2D eigenvalue weighted by molar-refractivity contribution is 7.89. The number of carbonyl (C=O) groups is 2. The monoisotopic (exact) mass is 798 g/mol. The topological polar surface area (TPSA) is 115 Å². The fourth-order valence-electron chi connectivity index (χ4n) is 10.2. The number of ether oxygens (including phenoxy) is 2. The van der Waals surface area contributed by atoms with Gasteiger partial charge in [-0.3, -0.25) is 4.79 Å². The molecule has 12 nitrogen and oxygen atoms in total. The molecule has 306 valence electrons. The van der Waals surface area contributed by atoms with Crippen molar-refractivity contribution in [3.05, 3.63) is 72.3 Å². The van der Waals surface area contributed by atoms with Gasteiger partial charge in [0.25, 0.3) is 0 Å². The highest BCUT2D eigenvalue weighted by Gasteiger charge is 2.54. The minimum atomic E-state index is -4.02. The lowest BCUT2D eigenvalue weighted by Crippen LogP contribution is -2.68. The molecule has 4 heterocycles. The summed E-state index contributed by atoms with van der Waals surface area (Å²) in [6.45, 7) is 10.1. The Kier molecular flexibility index (Phi) is 12.1. The number of methoxy groups -OCH3 is 2. The molecule has 0 aromatic heterocycles. The Hall–Kier alpha value is -3.63. The standard InChI is InChI=1S/C41H56F2N6O6S/c1-4-38(50)47-19-8-20-49(29-47)56(52,53)33-13-14-37(35(43)24-33)48-26-40(27-48,55-3)25-46-21-15-30(16-22-46)41(28-45-17-7-18-45,31-9-5-10-32(42)23-31)34-11-6-12-36(34)44-39(51)54-2/h4-5,9-10,13-14,23-24,30,34,36H,1,6-8,11-12,15-22,25-29H2,2-3H3,(H,44,51)/t34-,36-,41?/m0/s1. The number of alkyl carbamates (subject to hydrolysis) is 1. The molecule has 7 rings (SSSR count). The second-order valence-electron chi connectivity index (χ2n) is 16.3. The summed E-state index contributed by atoms with van der Waals surface area (Å²) < 4.78 is 70.0. The zero-order chi connectivity index (χ0) is 39.7. The van der Waals surface area contributed by atoms with Crippen LogP contribution in [0.15, 0.2) is 60.0 Å². The van der Waals surface area contributed by atoms with E-state index in [1.165, 1.54) is 34.5 Å². The number of amides is 2. The van der Waals surface area contributed by atoms with Crippen LogP contribution in [0, 0.1) is 23.5 Å². The first-order valence-electron chi connectivity index (χ1n) is 20.0. The molecule has 1 saturated carbocycles. The lowest BCUT2D eigenvalue weighted by Gasteiger charge is -2.55. The third kappa shape index (κ3) is 7.94. The number of nitrogens with one attached hydrogen (secondary N) is 1. The fraction of sp³-hybridized carbons (Fsp3) is 0.610. The predicted octanol–water partition coefficient (Wildman–Crippen LogP) is 4.42. The van der Waals surface area contributed by atoms with Gasteiger partial charge in [-0.2, -0.15) is 4.31 Å². The van der Waals surface area contributed by atoms with Crippen molar-refractivity contribution in [1.29, 1.82) is 0 Å². The summed E-state index contributed by atoms with van der Waals surface area (Å²) >= 11 is 0. The molecule has 4 saturated heterocycles.